The van der Waals surface area contributed by atoms with E-state index in [1.165, 1.54) is 5.56 Å². The highest BCUT2D eigenvalue weighted by Crippen LogP contribution is 2.31. The van der Waals surface area contributed by atoms with Gasteiger partial charge in [0.2, 0.25) is 0 Å². The molecule has 0 fully saturated rings. The fraction of sp³-hybridized carbons (Fsp3) is 0.174. The lowest BCUT2D eigenvalue weighted by Gasteiger charge is -2.15. The average molecular weight is 375 g/mol. The normalized spacial score (nSPS) is 11.1. The van der Waals surface area contributed by atoms with Gasteiger partial charge in [-0.25, -0.2) is 0 Å². The third-order valence-corrected chi connectivity index (χ3v) is 4.19. The summed E-state index contributed by atoms with van der Waals surface area (Å²) >= 11 is 0. The van der Waals surface area contributed by atoms with Gasteiger partial charge >= 0.3 is 0 Å². The van der Waals surface area contributed by atoms with Crippen molar-refractivity contribution in [3.05, 3.63) is 90.0 Å². The summed E-state index contributed by atoms with van der Waals surface area (Å²) in [5, 5.41) is 3.03. The molecule has 0 atom stereocenters. The molecule has 3 aromatic carbocycles. The number of rotatable bonds is 8. The Hall–Kier alpha value is -3.47. The molecule has 0 bridgehead atoms. The number of nitrogens with one attached hydrogen (secondary N) is 1. The number of hydrogen-bond acceptors (Lipinski definition) is 3. The first-order valence-electron chi connectivity index (χ1n) is 9.21. The van der Waals surface area contributed by atoms with Crippen molar-refractivity contribution in [2.45, 2.75) is 13.0 Å². The molecule has 5 nitrogen and oxygen atoms in total. The van der Waals surface area contributed by atoms with Gasteiger partial charge in [-0.3, -0.25) is 4.99 Å². The second kappa shape index (κ2) is 10.0. The Morgan fingerprint density at radius 1 is 0.857 bits per heavy atom. The second-order valence-electron chi connectivity index (χ2n) is 6.25. The molecule has 0 aliphatic heterocycles. The highest BCUT2D eigenvalue weighted by Gasteiger charge is 2.08. The lowest BCUT2D eigenvalue weighted by Crippen LogP contribution is -2.22. The molecule has 0 aromatic heterocycles. The van der Waals surface area contributed by atoms with E-state index in [1.807, 2.05) is 66.7 Å². The minimum atomic E-state index is 0.341. The Morgan fingerprint density at radius 2 is 1.54 bits per heavy atom. The van der Waals surface area contributed by atoms with Crippen molar-refractivity contribution in [3.8, 4) is 11.5 Å². The van der Waals surface area contributed by atoms with Crippen LogP contribution in [0, 0.1) is 0 Å². The molecule has 3 N–H and O–H groups in total. The molecule has 144 valence electrons. The van der Waals surface area contributed by atoms with Gasteiger partial charge in [-0.2, -0.15) is 0 Å². The van der Waals surface area contributed by atoms with Gasteiger partial charge in [0.15, 0.2) is 17.5 Å². The van der Waals surface area contributed by atoms with E-state index in [9.17, 15) is 0 Å². The first-order valence-corrected chi connectivity index (χ1v) is 9.21. The van der Waals surface area contributed by atoms with E-state index in [0.717, 1.165) is 17.7 Å². The average Bonchev–Trinajstić information content (AvgIpc) is 2.74. The summed E-state index contributed by atoms with van der Waals surface area (Å²) in [6.45, 7) is 1.02. The lowest BCUT2D eigenvalue weighted by molar-refractivity contribution is 0.263. The van der Waals surface area contributed by atoms with Crippen LogP contribution in [0.4, 0.5) is 5.69 Å². The van der Waals surface area contributed by atoms with E-state index < -0.39 is 0 Å². The van der Waals surface area contributed by atoms with Gasteiger partial charge in [-0.1, -0.05) is 60.7 Å². The Balaban J connectivity index is 1.71. The number of guanidine groups is 1. The summed E-state index contributed by atoms with van der Waals surface area (Å²) in [5.74, 6) is 1.70. The van der Waals surface area contributed by atoms with Crippen molar-refractivity contribution < 1.29 is 9.47 Å². The molecule has 0 amide bonds. The van der Waals surface area contributed by atoms with Gasteiger partial charge in [0, 0.05) is 25.2 Å². The number of anilines is 1. The summed E-state index contributed by atoms with van der Waals surface area (Å²) < 4.78 is 12.0. The molecule has 0 saturated carbocycles. The number of nitrogens with zero attached hydrogens (tertiary/aromatic N) is 1. The Labute approximate surface area is 165 Å². The minimum absolute atomic E-state index is 0.341. The first-order chi connectivity index (χ1) is 13.7. The van der Waals surface area contributed by atoms with E-state index in [1.54, 1.807) is 7.05 Å². The molecule has 0 aliphatic rings. The van der Waals surface area contributed by atoms with Gasteiger partial charge < -0.3 is 20.5 Å². The Kier molecular flexibility index (Phi) is 6.90. The number of ether oxygens (including phenoxy) is 2. The number of nitrogens with two attached hydrogens (primary N) is 1. The van der Waals surface area contributed by atoms with Crippen molar-refractivity contribution in [1.29, 1.82) is 0 Å². The van der Waals surface area contributed by atoms with Crippen LogP contribution in [0.25, 0.3) is 0 Å². The highest BCUT2D eigenvalue weighted by molar-refractivity contribution is 5.92. The molecular formula is C23H25N3O2. The van der Waals surface area contributed by atoms with Gasteiger partial charge in [0.1, 0.15) is 6.61 Å². The SMILES string of the molecule is CN=C(N)Nc1ccc(OCc2ccccc2)c(OCCc2ccccc2)c1. The molecule has 0 aliphatic carbocycles. The largest absolute Gasteiger partial charge is 0.489 e. The fourth-order valence-corrected chi connectivity index (χ4v) is 2.68. The fourth-order valence-electron chi connectivity index (χ4n) is 2.68. The van der Waals surface area contributed by atoms with Crippen molar-refractivity contribution in [2.24, 2.45) is 10.7 Å². The zero-order valence-electron chi connectivity index (χ0n) is 16.0. The molecular weight excluding hydrogens is 350 g/mol. The number of benzene rings is 3. The quantitative estimate of drug-likeness (QED) is 0.456. The van der Waals surface area contributed by atoms with E-state index >= 15 is 0 Å². The van der Waals surface area contributed by atoms with Crippen LogP contribution < -0.4 is 20.5 Å². The first kappa shape index (κ1) is 19.3. The van der Waals surface area contributed by atoms with Crippen molar-refractivity contribution in [2.75, 3.05) is 19.0 Å². The topological polar surface area (TPSA) is 68.9 Å². The monoisotopic (exact) mass is 375 g/mol. The van der Waals surface area contributed by atoms with Gasteiger partial charge in [0.05, 0.1) is 6.61 Å². The summed E-state index contributed by atoms with van der Waals surface area (Å²) in [7, 11) is 1.64. The minimum Gasteiger partial charge on any atom is -0.489 e. The molecule has 0 spiro atoms. The number of hydrogen-bond donors (Lipinski definition) is 2. The van der Waals surface area contributed by atoms with Crippen molar-refractivity contribution in [1.82, 2.24) is 0 Å². The third kappa shape index (κ3) is 5.77. The lowest BCUT2D eigenvalue weighted by atomic mass is 10.2. The van der Waals surface area contributed by atoms with Crippen LogP contribution in [0.2, 0.25) is 0 Å². The summed E-state index contributed by atoms with van der Waals surface area (Å²) in [5.41, 5.74) is 8.89. The van der Waals surface area contributed by atoms with Gasteiger partial charge in [-0.05, 0) is 23.3 Å². The molecule has 28 heavy (non-hydrogen) atoms. The van der Waals surface area contributed by atoms with E-state index in [2.05, 4.69) is 22.4 Å². The third-order valence-electron chi connectivity index (χ3n) is 4.19. The molecule has 3 aromatic rings. The van der Waals surface area contributed by atoms with Crippen LogP contribution in [0.3, 0.4) is 0 Å². The van der Waals surface area contributed by atoms with Crippen LogP contribution in [0.5, 0.6) is 11.5 Å². The maximum Gasteiger partial charge on any atom is 0.192 e. The van der Waals surface area contributed by atoms with Crippen LogP contribution in [-0.2, 0) is 13.0 Å². The maximum absolute atomic E-state index is 6.04. The molecule has 5 heteroatoms. The molecule has 0 radical (unpaired) electrons. The molecule has 0 unspecified atom stereocenters. The molecule has 0 saturated heterocycles. The van der Waals surface area contributed by atoms with Crippen molar-refractivity contribution in [3.63, 3.8) is 0 Å². The second-order valence-corrected chi connectivity index (χ2v) is 6.25. The standard InChI is InChI=1S/C23H25N3O2/c1-25-23(24)26-20-12-13-21(28-17-19-10-6-3-7-11-19)22(16-20)27-15-14-18-8-4-2-5-9-18/h2-13,16H,14-15,17H2,1H3,(H3,24,25,26). The Morgan fingerprint density at radius 3 is 2.21 bits per heavy atom. The van der Waals surface area contributed by atoms with E-state index in [4.69, 9.17) is 15.2 Å². The predicted molar refractivity (Wildman–Crippen MR) is 114 cm³/mol. The predicted octanol–water partition coefficient (Wildman–Crippen LogP) is 4.24. The zero-order valence-corrected chi connectivity index (χ0v) is 16.0. The van der Waals surface area contributed by atoms with Crippen LogP contribution >= 0.6 is 0 Å². The van der Waals surface area contributed by atoms with E-state index in [0.29, 0.717) is 30.7 Å². The van der Waals surface area contributed by atoms with Gasteiger partial charge in [0.25, 0.3) is 0 Å². The van der Waals surface area contributed by atoms with Crippen molar-refractivity contribution >= 4 is 11.6 Å². The summed E-state index contributed by atoms with van der Waals surface area (Å²) in [4.78, 5) is 3.92. The van der Waals surface area contributed by atoms with Gasteiger partial charge in [-0.15, -0.1) is 0 Å². The summed E-state index contributed by atoms with van der Waals surface area (Å²) in [6.07, 6.45) is 0.815. The molecule has 3 rings (SSSR count). The maximum atomic E-state index is 6.04. The molecule has 0 heterocycles. The smallest absolute Gasteiger partial charge is 0.192 e. The Bertz CT molecular complexity index is 896. The van der Waals surface area contributed by atoms with E-state index in [-0.39, 0.29) is 0 Å². The zero-order chi connectivity index (χ0) is 19.6. The number of aliphatic imine (C=N–C) groups is 1. The van der Waals surface area contributed by atoms with Crippen LogP contribution in [0.1, 0.15) is 11.1 Å². The van der Waals surface area contributed by atoms with Crippen LogP contribution in [0.15, 0.2) is 83.9 Å². The highest BCUT2D eigenvalue weighted by atomic mass is 16.5. The summed E-state index contributed by atoms with van der Waals surface area (Å²) in [6, 6.07) is 25.9. The van der Waals surface area contributed by atoms with Crippen LogP contribution in [-0.4, -0.2) is 19.6 Å².